The Bertz CT molecular complexity index is 1440. The molecule has 0 spiro atoms. The van der Waals surface area contributed by atoms with Crippen molar-refractivity contribution >= 4 is 22.6 Å². The lowest BCUT2D eigenvalue weighted by molar-refractivity contribution is 0.102. The van der Waals surface area contributed by atoms with Gasteiger partial charge in [0.15, 0.2) is 5.82 Å². The van der Waals surface area contributed by atoms with Crippen molar-refractivity contribution in [1.82, 2.24) is 34.3 Å². The second-order valence-electron chi connectivity index (χ2n) is 6.53. The van der Waals surface area contributed by atoms with Crippen LogP contribution in [0.5, 0.6) is 0 Å². The first-order chi connectivity index (χ1) is 14.3. The van der Waals surface area contributed by atoms with Gasteiger partial charge in [-0.05, 0) is 47.7 Å². The zero-order chi connectivity index (χ0) is 21.6. The maximum absolute atomic E-state index is 14.2. The molecule has 0 saturated heterocycles. The van der Waals surface area contributed by atoms with Crippen molar-refractivity contribution in [3.8, 4) is 5.69 Å². The van der Waals surface area contributed by atoms with Gasteiger partial charge in [-0.15, -0.1) is 5.10 Å². The average molecular weight is 410 g/mol. The molecule has 0 saturated carbocycles. The summed E-state index contributed by atoms with van der Waals surface area (Å²) in [5.74, 6) is -0.801. The Hall–Kier alpha value is -4.22. The second kappa shape index (κ2) is 6.99. The topological polar surface area (TPSA) is 130 Å². The first kappa shape index (κ1) is 19.1. The van der Waals surface area contributed by atoms with Gasteiger partial charge >= 0.3 is 5.69 Å². The van der Waals surface area contributed by atoms with E-state index in [1.165, 1.54) is 53.7 Å². The Labute approximate surface area is 167 Å². The van der Waals surface area contributed by atoms with E-state index in [0.717, 1.165) is 4.57 Å². The Morgan fingerprint density at radius 1 is 1.10 bits per heavy atom. The van der Waals surface area contributed by atoms with Crippen LogP contribution in [0.2, 0.25) is 0 Å². The monoisotopic (exact) mass is 410 g/mol. The van der Waals surface area contributed by atoms with Crippen LogP contribution < -0.4 is 16.6 Å². The zero-order valence-corrected chi connectivity index (χ0v) is 16.1. The number of carbonyl (C=O) groups is 1. The molecule has 0 fully saturated rings. The van der Waals surface area contributed by atoms with Crippen LogP contribution in [0.3, 0.4) is 0 Å². The molecule has 1 N–H and O–H groups in total. The maximum Gasteiger partial charge on any atom is 0.332 e. The number of amides is 1. The standard InChI is InChI=1S/C18H15FN8O3/c1-9-22-23-24-27(9)14-8-10(4-6-12(14)19)20-16(28)13-7-5-11-15(21-13)25(2)18(30)26(3)17(11)29/h4-8H,1-3H3,(H,20,28). The number of benzene rings is 1. The number of tetrazole rings is 1. The fourth-order valence-electron chi connectivity index (χ4n) is 2.98. The first-order valence-electron chi connectivity index (χ1n) is 8.71. The minimum Gasteiger partial charge on any atom is -0.321 e. The molecule has 0 atom stereocenters. The lowest BCUT2D eigenvalue weighted by atomic mass is 10.2. The van der Waals surface area contributed by atoms with Crippen molar-refractivity contribution < 1.29 is 9.18 Å². The molecule has 0 aliphatic carbocycles. The number of hydrogen-bond donors (Lipinski definition) is 1. The van der Waals surface area contributed by atoms with Gasteiger partial charge in [-0.1, -0.05) is 0 Å². The van der Waals surface area contributed by atoms with Gasteiger partial charge in [-0.2, -0.15) is 4.68 Å². The van der Waals surface area contributed by atoms with Gasteiger partial charge in [-0.3, -0.25) is 18.7 Å². The van der Waals surface area contributed by atoms with E-state index >= 15 is 0 Å². The number of nitrogens with one attached hydrogen (secondary N) is 1. The van der Waals surface area contributed by atoms with Gasteiger partial charge in [0.05, 0.1) is 5.39 Å². The molecule has 11 nitrogen and oxygen atoms in total. The molecule has 12 heteroatoms. The van der Waals surface area contributed by atoms with Crippen LogP contribution >= 0.6 is 0 Å². The Kier molecular flexibility index (Phi) is 4.45. The van der Waals surface area contributed by atoms with E-state index in [9.17, 15) is 18.8 Å². The molecule has 152 valence electrons. The summed E-state index contributed by atoms with van der Waals surface area (Å²) in [6.07, 6.45) is 0. The minimum atomic E-state index is -0.601. The number of rotatable bonds is 3. The summed E-state index contributed by atoms with van der Waals surface area (Å²) in [6, 6.07) is 6.73. The van der Waals surface area contributed by atoms with Gasteiger partial charge < -0.3 is 5.32 Å². The van der Waals surface area contributed by atoms with E-state index in [1.54, 1.807) is 6.92 Å². The van der Waals surface area contributed by atoms with Crippen molar-refractivity contribution in [3.05, 3.63) is 68.5 Å². The molecule has 0 radical (unpaired) electrons. The van der Waals surface area contributed by atoms with E-state index in [1.807, 2.05) is 0 Å². The SMILES string of the molecule is Cc1nnnn1-c1cc(NC(=O)c2ccc3c(=O)n(C)c(=O)n(C)c3n2)ccc1F. The first-order valence-corrected chi connectivity index (χ1v) is 8.71. The molecule has 3 heterocycles. The molecule has 1 amide bonds. The van der Waals surface area contributed by atoms with Crippen LogP contribution in [0.15, 0.2) is 39.9 Å². The maximum atomic E-state index is 14.2. The van der Waals surface area contributed by atoms with Gasteiger partial charge in [0.1, 0.15) is 22.8 Å². The van der Waals surface area contributed by atoms with E-state index in [4.69, 9.17) is 0 Å². The number of hydrogen-bond acceptors (Lipinski definition) is 7. The molecule has 3 aromatic heterocycles. The van der Waals surface area contributed by atoms with Crippen LogP contribution in [0.4, 0.5) is 10.1 Å². The normalized spacial score (nSPS) is 11.1. The van der Waals surface area contributed by atoms with Crippen LogP contribution in [0.1, 0.15) is 16.3 Å². The number of aromatic nitrogens is 7. The van der Waals surface area contributed by atoms with Crippen LogP contribution in [0, 0.1) is 12.7 Å². The second-order valence-corrected chi connectivity index (χ2v) is 6.53. The van der Waals surface area contributed by atoms with Crippen LogP contribution in [-0.2, 0) is 14.1 Å². The number of carbonyl (C=O) groups excluding carboxylic acids is 1. The molecular weight excluding hydrogens is 395 g/mol. The molecule has 0 aliphatic heterocycles. The summed E-state index contributed by atoms with van der Waals surface area (Å²) in [5.41, 5.74) is -0.654. The lowest BCUT2D eigenvalue weighted by Crippen LogP contribution is -2.37. The fourth-order valence-corrected chi connectivity index (χ4v) is 2.98. The fraction of sp³-hybridized carbons (Fsp3) is 0.167. The molecular formula is C18H15FN8O3. The molecule has 0 bridgehead atoms. The third-order valence-corrected chi connectivity index (χ3v) is 4.59. The Balaban J connectivity index is 1.71. The van der Waals surface area contributed by atoms with E-state index in [0.29, 0.717) is 5.82 Å². The predicted octanol–water partition coefficient (Wildman–Crippen LogP) is 0.308. The van der Waals surface area contributed by atoms with E-state index < -0.39 is 23.0 Å². The van der Waals surface area contributed by atoms with Gasteiger partial charge in [0.2, 0.25) is 0 Å². The summed E-state index contributed by atoms with van der Waals surface area (Å²) in [7, 11) is 2.82. The summed E-state index contributed by atoms with van der Waals surface area (Å²) >= 11 is 0. The van der Waals surface area contributed by atoms with Crippen LogP contribution in [-0.4, -0.2) is 40.2 Å². The van der Waals surface area contributed by atoms with Crippen molar-refractivity contribution in [1.29, 1.82) is 0 Å². The van der Waals surface area contributed by atoms with E-state index in [2.05, 4.69) is 25.8 Å². The number of nitrogens with zero attached hydrogens (tertiary/aromatic N) is 7. The summed E-state index contributed by atoms with van der Waals surface area (Å²) < 4.78 is 17.5. The number of pyridine rings is 1. The zero-order valence-electron chi connectivity index (χ0n) is 16.1. The van der Waals surface area contributed by atoms with Crippen LogP contribution in [0.25, 0.3) is 16.7 Å². The number of halogens is 1. The third-order valence-electron chi connectivity index (χ3n) is 4.59. The highest BCUT2D eigenvalue weighted by Crippen LogP contribution is 2.19. The molecule has 30 heavy (non-hydrogen) atoms. The average Bonchev–Trinajstić information content (AvgIpc) is 3.17. The minimum absolute atomic E-state index is 0.0183. The molecule has 4 rings (SSSR count). The Morgan fingerprint density at radius 2 is 1.87 bits per heavy atom. The molecule has 0 unspecified atom stereocenters. The van der Waals surface area contributed by atoms with Crippen molar-refractivity contribution in [2.45, 2.75) is 6.92 Å². The summed E-state index contributed by atoms with van der Waals surface area (Å²) in [6.45, 7) is 1.61. The largest absolute Gasteiger partial charge is 0.332 e. The van der Waals surface area contributed by atoms with Gasteiger partial charge in [-0.25, -0.2) is 14.2 Å². The van der Waals surface area contributed by atoms with Crippen molar-refractivity contribution in [2.75, 3.05) is 5.32 Å². The molecule has 4 aromatic rings. The predicted molar refractivity (Wildman–Crippen MR) is 104 cm³/mol. The number of anilines is 1. The summed E-state index contributed by atoms with van der Waals surface area (Å²) in [5, 5.41) is 13.7. The molecule has 0 aliphatic rings. The van der Waals surface area contributed by atoms with Crippen molar-refractivity contribution in [3.63, 3.8) is 0 Å². The number of fused-ring (bicyclic) bond motifs is 1. The highest BCUT2D eigenvalue weighted by atomic mass is 19.1. The summed E-state index contributed by atoms with van der Waals surface area (Å²) in [4.78, 5) is 41.2. The Morgan fingerprint density at radius 3 is 2.57 bits per heavy atom. The van der Waals surface area contributed by atoms with E-state index in [-0.39, 0.29) is 28.1 Å². The third kappa shape index (κ3) is 3.03. The number of aryl methyl sites for hydroxylation is 2. The van der Waals surface area contributed by atoms with Gasteiger partial charge in [0.25, 0.3) is 11.5 Å². The highest BCUT2D eigenvalue weighted by molar-refractivity contribution is 6.04. The highest BCUT2D eigenvalue weighted by Gasteiger charge is 2.16. The smallest absolute Gasteiger partial charge is 0.321 e. The lowest BCUT2D eigenvalue weighted by Gasteiger charge is -2.10. The van der Waals surface area contributed by atoms with Gasteiger partial charge in [0, 0.05) is 19.8 Å². The quantitative estimate of drug-likeness (QED) is 0.514. The molecule has 1 aromatic carbocycles. The van der Waals surface area contributed by atoms with Crippen molar-refractivity contribution in [2.24, 2.45) is 14.1 Å².